The molecule has 3 aromatic carbocycles. The zero-order valence-corrected chi connectivity index (χ0v) is 22.5. The number of hydrogen-bond acceptors (Lipinski definition) is 8. The molecule has 1 N–H and O–H groups in total. The second-order valence-electron chi connectivity index (χ2n) is 10.2. The summed E-state index contributed by atoms with van der Waals surface area (Å²) in [5, 5.41) is 2.93. The molecule has 0 spiro atoms. The third-order valence-corrected chi connectivity index (χ3v) is 7.53. The third-order valence-electron chi connectivity index (χ3n) is 7.53. The first-order valence-electron chi connectivity index (χ1n) is 13.3. The molecule has 9 nitrogen and oxygen atoms in total. The normalized spacial score (nSPS) is 18.0. The number of methoxy groups -OCH3 is 1. The molecule has 6 rings (SSSR count). The molecule has 202 valence electrons. The molecule has 2 aliphatic heterocycles. The molecule has 1 aromatic heterocycles. The van der Waals surface area contributed by atoms with Gasteiger partial charge in [-0.05, 0) is 60.1 Å². The fraction of sp³-hybridized carbons (Fsp3) is 0.258. The highest BCUT2D eigenvalue weighted by molar-refractivity contribution is 6.24. The van der Waals surface area contributed by atoms with Crippen LogP contribution in [-0.2, 0) is 16.1 Å². The van der Waals surface area contributed by atoms with Crippen LogP contribution in [0.3, 0.4) is 0 Å². The minimum absolute atomic E-state index is 0.207. The molecular weight excluding hydrogens is 504 g/mol. The van der Waals surface area contributed by atoms with Crippen molar-refractivity contribution >= 4 is 40.0 Å². The number of carbonyl (C=O) groups is 2. The number of rotatable bonds is 6. The summed E-state index contributed by atoms with van der Waals surface area (Å²) in [7, 11) is 3.49. The average molecular weight is 535 g/mol. The van der Waals surface area contributed by atoms with Crippen molar-refractivity contribution in [3.8, 4) is 0 Å². The molecule has 0 aliphatic carbocycles. The number of piperazine rings is 1. The van der Waals surface area contributed by atoms with Gasteiger partial charge in [0.2, 0.25) is 5.91 Å². The monoisotopic (exact) mass is 534 g/mol. The van der Waals surface area contributed by atoms with Crippen LogP contribution in [-0.4, -0.2) is 77.7 Å². The fourth-order valence-electron chi connectivity index (χ4n) is 5.28. The van der Waals surface area contributed by atoms with Gasteiger partial charge in [-0.15, -0.1) is 0 Å². The maximum Gasteiger partial charge on any atom is 0.337 e. The van der Waals surface area contributed by atoms with Gasteiger partial charge in [0.05, 0.1) is 35.1 Å². The van der Waals surface area contributed by atoms with Gasteiger partial charge in [-0.3, -0.25) is 24.7 Å². The Morgan fingerprint density at radius 2 is 1.68 bits per heavy atom. The van der Waals surface area contributed by atoms with Crippen molar-refractivity contribution in [1.29, 1.82) is 0 Å². The van der Waals surface area contributed by atoms with Crippen molar-refractivity contribution in [1.82, 2.24) is 19.8 Å². The van der Waals surface area contributed by atoms with Gasteiger partial charge in [0.15, 0.2) is 0 Å². The van der Waals surface area contributed by atoms with E-state index in [2.05, 4.69) is 44.3 Å². The Bertz CT molecular complexity index is 1610. The predicted octanol–water partition coefficient (Wildman–Crippen LogP) is 4.02. The smallest absolute Gasteiger partial charge is 0.337 e. The number of nitrogens with one attached hydrogen (secondary N) is 1. The van der Waals surface area contributed by atoms with Crippen LogP contribution in [0.25, 0.3) is 11.0 Å². The molecule has 1 atom stereocenters. The number of esters is 1. The van der Waals surface area contributed by atoms with Crippen molar-refractivity contribution in [2.24, 2.45) is 4.99 Å². The molecule has 0 radical (unpaired) electrons. The highest BCUT2D eigenvalue weighted by Crippen LogP contribution is 2.37. The topological polar surface area (TPSA) is 100 Å². The van der Waals surface area contributed by atoms with Gasteiger partial charge in [0.25, 0.3) is 0 Å². The van der Waals surface area contributed by atoms with Crippen LogP contribution in [0.5, 0.6) is 0 Å². The first-order chi connectivity index (χ1) is 19.5. The molecule has 3 heterocycles. The van der Waals surface area contributed by atoms with E-state index in [0.717, 1.165) is 60.6 Å². The molecule has 2 aliphatic rings. The van der Waals surface area contributed by atoms with Crippen LogP contribution < -0.4 is 5.32 Å². The zero-order valence-electron chi connectivity index (χ0n) is 22.5. The Kier molecular flexibility index (Phi) is 7.06. The predicted molar refractivity (Wildman–Crippen MR) is 154 cm³/mol. The minimum Gasteiger partial charge on any atom is -0.465 e. The number of fused-ring (bicyclic) bond motifs is 2. The number of hydrogen-bond donors (Lipinski definition) is 1. The summed E-state index contributed by atoms with van der Waals surface area (Å²) in [6.45, 7) is 5.16. The number of carbonyl (C=O) groups excluding carboxylic acids is 2. The molecule has 9 heteroatoms. The van der Waals surface area contributed by atoms with E-state index in [1.807, 2.05) is 30.3 Å². The summed E-state index contributed by atoms with van der Waals surface area (Å²) in [6, 6.07) is 19.0. The SMILES string of the molecule is COC(=O)c1ccc2c(c1)NC(=O)C2C(=Nc1ccc(CN2CCN(C)CC2)cc1)c1ccc2nccnc2c1. The summed E-state index contributed by atoms with van der Waals surface area (Å²) in [5.41, 5.74) is 6.54. The first-order valence-corrected chi connectivity index (χ1v) is 13.3. The minimum atomic E-state index is -0.666. The van der Waals surface area contributed by atoms with Crippen molar-refractivity contribution in [3.05, 3.63) is 95.3 Å². The molecule has 0 bridgehead atoms. The van der Waals surface area contributed by atoms with E-state index in [0.29, 0.717) is 17.0 Å². The summed E-state index contributed by atoms with van der Waals surface area (Å²) >= 11 is 0. The third kappa shape index (κ3) is 5.21. The van der Waals surface area contributed by atoms with Crippen LogP contribution in [0.15, 0.2) is 78.0 Å². The summed E-state index contributed by atoms with van der Waals surface area (Å²) in [4.78, 5) is 44.2. The summed E-state index contributed by atoms with van der Waals surface area (Å²) < 4.78 is 4.86. The van der Waals surface area contributed by atoms with Crippen molar-refractivity contribution in [2.75, 3.05) is 45.7 Å². The molecule has 1 fully saturated rings. The van der Waals surface area contributed by atoms with E-state index in [1.54, 1.807) is 30.6 Å². The lowest BCUT2D eigenvalue weighted by molar-refractivity contribution is -0.115. The van der Waals surface area contributed by atoms with E-state index in [-0.39, 0.29) is 5.91 Å². The molecule has 4 aromatic rings. The second kappa shape index (κ2) is 11.0. The van der Waals surface area contributed by atoms with E-state index in [4.69, 9.17) is 9.73 Å². The number of aliphatic imine (C=N–C) groups is 1. The number of aromatic nitrogens is 2. The second-order valence-corrected chi connectivity index (χ2v) is 10.2. The molecule has 1 saturated heterocycles. The Morgan fingerprint density at radius 1 is 0.950 bits per heavy atom. The van der Waals surface area contributed by atoms with E-state index in [1.165, 1.54) is 12.7 Å². The fourth-order valence-corrected chi connectivity index (χ4v) is 5.28. The maximum absolute atomic E-state index is 13.4. The van der Waals surface area contributed by atoms with E-state index < -0.39 is 11.9 Å². The van der Waals surface area contributed by atoms with Gasteiger partial charge in [-0.2, -0.15) is 0 Å². The number of likely N-dealkylation sites (N-methyl/N-ethyl adjacent to an activating group) is 1. The highest BCUT2D eigenvalue weighted by atomic mass is 16.5. The Balaban J connectivity index is 1.37. The largest absolute Gasteiger partial charge is 0.465 e. The summed E-state index contributed by atoms with van der Waals surface area (Å²) in [6.07, 6.45) is 3.30. The number of nitrogens with zero attached hydrogens (tertiary/aromatic N) is 5. The van der Waals surface area contributed by atoms with Gasteiger partial charge >= 0.3 is 5.97 Å². The van der Waals surface area contributed by atoms with Crippen LogP contribution >= 0.6 is 0 Å². The van der Waals surface area contributed by atoms with Gasteiger partial charge in [-0.25, -0.2) is 4.79 Å². The standard InChI is InChI=1S/C31H30N6O3/c1-36-13-15-37(16-14-36)19-20-3-7-23(8-4-20)34-29(21-6-10-25-27(17-21)33-12-11-32-25)28-24-9-5-22(31(39)40-2)18-26(24)35-30(28)38/h3-12,17-18,28H,13-16,19H2,1-2H3,(H,35,38). The first kappa shape index (κ1) is 25.8. The summed E-state index contributed by atoms with van der Waals surface area (Å²) in [5.74, 6) is -1.33. The van der Waals surface area contributed by atoms with E-state index in [9.17, 15) is 9.59 Å². The van der Waals surface area contributed by atoms with Crippen LogP contribution in [0.2, 0.25) is 0 Å². The Labute approximate surface area is 232 Å². The lowest BCUT2D eigenvalue weighted by Gasteiger charge is -2.32. The lowest BCUT2D eigenvalue weighted by atomic mass is 9.90. The maximum atomic E-state index is 13.4. The van der Waals surface area contributed by atoms with E-state index >= 15 is 0 Å². The zero-order chi connectivity index (χ0) is 27.6. The number of amides is 1. The number of anilines is 1. The quantitative estimate of drug-likeness (QED) is 0.295. The Morgan fingerprint density at radius 3 is 2.42 bits per heavy atom. The van der Waals surface area contributed by atoms with Crippen LogP contribution in [0.1, 0.15) is 33.0 Å². The van der Waals surface area contributed by atoms with Gasteiger partial charge < -0.3 is 15.0 Å². The molecular formula is C31H30N6O3. The van der Waals surface area contributed by atoms with Crippen molar-refractivity contribution in [3.63, 3.8) is 0 Å². The molecule has 1 amide bonds. The van der Waals surface area contributed by atoms with Crippen molar-refractivity contribution < 1.29 is 14.3 Å². The van der Waals surface area contributed by atoms with Crippen LogP contribution in [0.4, 0.5) is 11.4 Å². The molecule has 40 heavy (non-hydrogen) atoms. The van der Waals surface area contributed by atoms with Crippen LogP contribution in [0, 0.1) is 0 Å². The number of ether oxygens (including phenoxy) is 1. The van der Waals surface area contributed by atoms with Gasteiger partial charge in [0, 0.05) is 50.8 Å². The lowest BCUT2D eigenvalue weighted by Crippen LogP contribution is -2.43. The number of benzene rings is 3. The highest BCUT2D eigenvalue weighted by Gasteiger charge is 2.36. The average Bonchev–Trinajstić information content (AvgIpc) is 3.31. The molecule has 0 saturated carbocycles. The van der Waals surface area contributed by atoms with Gasteiger partial charge in [0.1, 0.15) is 5.92 Å². The van der Waals surface area contributed by atoms with Crippen molar-refractivity contribution in [2.45, 2.75) is 12.5 Å². The van der Waals surface area contributed by atoms with Gasteiger partial charge in [-0.1, -0.05) is 24.3 Å². The Hall–Kier alpha value is -4.47. The molecule has 1 unspecified atom stereocenters.